The van der Waals surface area contributed by atoms with Crippen LogP contribution in [0.15, 0.2) is 43.0 Å². The van der Waals surface area contributed by atoms with Crippen LogP contribution in [0, 0.1) is 22.7 Å². The maximum absolute atomic E-state index is 14.1. The molecule has 270 valence electrons. The van der Waals surface area contributed by atoms with Crippen LogP contribution >= 0.6 is 0 Å². The molecule has 49 heavy (non-hydrogen) atoms. The predicted octanol–water partition coefficient (Wildman–Crippen LogP) is 3.17. The van der Waals surface area contributed by atoms with Crippen LogP contribution in [0.2, 0.25) is 0 Å². The van der Waals surface area contributed by atoms with E-state index in [2.05, 4.69) is 27.8 Å². The Balaban J connectivity index is 1.70. The molecule has 1 saturated carbocycles. The summed E-state index contributed by atoms with van der Waals surface area (Å²) in [5, 5.41) is 11.0. The highest BCUT2D eigenvalue weighted by molar-refractivity contribution is 6.38. The third kappa shape index (κ3) is 10.1. The zero-order chi connectivity index (χ0) is 36.9. The van der Waals surface area contributed by atoms with Crippen LogP contribution in [-0.2, 0) is 30.5 Å². The van der Waals surface area contributed by atoms with E-state index in [4.69, 9.17) is 0 Å². The lowest BCUT2D eigenvalue weighted by molar-refractivity contribution is -0.145. The van der Waals surface area contributed by atoms with Crippen LogP contribution in [0.3, 0.4) is 0 Å². The summed E-state index contributed by atoms with van der Waals surface area (Å²) in [6, 6.07) is 6.05. The number of piperidine rings is 1. The van der Waals surface area contributed by atoms with Crippen molar-refractivity contribution in [3.05, 3.63) is 48.6 Å². The van der Waals surface area contributed by atoms with E-state index in [1.165, 1.54) is 4.90 Å². The fourth-order valence-corrected chi connectivity index (χ4v) is 6.61. The minimum absolute atomic E-state index is 0.0000876. The van der Waals surface area contributed by atoms with Gasteiger partial charge in [-0.05, 0) is 61.8 Å². The van der Waals surface area contributed by atoms with E-state index >= 15 is 0 Å². The summed E-state index contributed by atoms with van der Waals surface area (Å²) in [5.74, 6) is -2.92. The summed E-state index contributed by atoms with van der Waals surface area (Å²) in [4.78, 5) is 83.1. The number of ketones is 1. The Kier molecular flexibility index (Phi) is 12.4. The van der Waals surface area contributed by atoms with Crippen molar-refractivity contribution in [2.24, 2.45) is 22.7 Å². The van der Waals surface area contributed by atoms with Gasteiger partial charge in [-0.2, -0.15) is 0 Å². The predicted molar refractivity (Wildman–Crippen MR) is 188 cm³/mol. The topological polar surface area (TPSA) is 157 Å². The van der Waals surface area contributed by atoms with Crippen molar-refractivity contribution in [1.82, 2.24) is 31.1 Å². The Bertz CT molecular complexity index is 1410. The number of rotatable bonds is 14. The molecule has 0 spiro atoms. The fraction of sp³-hybridized carbons (Fsp3) is 0.622. The number of amides is 6. The lowest BCUT2D eigenvalue weighted by Gasteiger charge is -2.38. The highest BCUT2D eigenvalue weighted by atomic mass is 16.2. The molecule has 2 fully saturated rings. The van der Waals surface area contributed by atoms with Crippen molar-refractivity contribution in [2.45, 2.75) is 105 Å². The van der Waals surface area contributed by atoms with E-state index < -0.39 is 52.7 Å². The lowest BCUT2D eigenvalue weighted by atomic mass is 9.85. The molecule has 1 unspecified atom stereocenters. The summed E-state index contributed by atoms with van der Waals surface area (Å²) in [5.41, 5.74) is -0.428. The second-order valence-electron chi connectivity index (χ2n) is 16.1. The van der Waals surface area contributed by atoms with E-state index in [1.54, 1.807) is 18.0 Å². The number of Topliss-reactive ketones (excluding diaryl/α,β-unsaturated/α-hetero) is 1. The normalized spacial score (nSPS) is 20.6. The molecule has 5 atom stereocenters. The third-order valence-corrected chi connectivity index (χ3v) is 9.47. The smallest absolute Gasteiger partial charge is 0.315 e. The van der Waals surface area contributed by atoms with E-state index in [1.807, 2.05) is 85.7 Å². The molecule has 4 N–H and O–H groups in total. The third-order valence-electron chi connectivity index (χ3n) is 9.47. The lowest BCUT2D eigenvalue weighted by Crippen LogP contribution is -2.62. The van der Waals surface area contributed by atoms with Crippen LogP contribution < -0.4 is 21.3 Å². The number of likely N-dealkylation sites (tertiary alicyclic amines) is 1. The van der Waals surface area contributed by atoms with Crippen molar-refractivity contribution in [3.8, 4) is 0 Å². The molecule has 1 aliphatic heterocycles. The molecule has 0 radical (unpaired) electrons. The van der Waals surface area contributed by atoms with Gasteiger partial charge < -0.3 is 31.1 Å². The summed E-state index contributed by atoms with van der Waals surface area (Å²) >= 11 is 0. The van der Waals surface area contributed by atoms with Gasteiger partial charge in [0.2, 0.25) is 23.5 Å². The molecule has 12 nitrogen and oxygen atoms in total. The second-order valence-corrected chi connectivity index (χ2v) is 16.1. The number of nitrogens with one attached hydrogen (secondary N) is 4. The first kappa shape index (κ1) is 39.2. The minimum atomic E-state index is -1.16. The molecule has 0 bridgehead atoms. The molecule has 12 heteroatoms. The first-order chi connectivity index (χ1) is 22.7. The number of nitrogens with zero attached hydrogens (tertiary/aromatic N) is 2. The number of fused-ring (bicyclic) bond motifs is 1. The van der Waals surface area contributed by atoms with E-state index in [0.717, 1.165) is 5.56 Å². The first-order valence-electron chi connectivity index (χ1n) is 17.1. The highest BCUT2D eigenvalue weighted by Crippen LogP contribution is 2.65. The first-order valence-corrected chi connectivity index (χ1v) is 17.1. The number of hydrogen-bond donors (Lipinski definition) is 4. The van der Waals surface area contributed by atoms with Crippen molar-refractivity contribution in [2.75, 3.05) is 20.1 Å². The number of allylic oxidation sites excluding steroid dienone is 1. The summed E-state index contributed by atoms with van der Waals surface area (Å²) in [7, 11) is 1.67. The molecule has 1 aliphatic carbocycles. The molecule has 1 aromatic rings. The van der Waals surface area contributed by atoms with Crippen LogP contribution in [0.4, 0.5) is 4.79 Å². The Morgan fingerprint density at radius 3 is 2.22 bits per heavy atom. The van der Waals surface area contributed by atoms with Crippen molar-refractivity contribution in [1.29, 1.82) is 0 Å². The number of urea groups is 1. The molecule has 1 aromatic carbocycles. The number of hydrogen-bond acceptors (Lipinski definition) is 6. The SMILES string of the molecule is C=CCCC(NC(=O)[C@@H]1[C@@H]2[C@H](CN1C(=O)[C@@H](NC(=O)NC(C)(C)C)C(C)(C)C)C2(C)C)C(=O)C(=O)NCCC(=O)N(C)Cc1ccccc1. The van der Waals surface area contributed by atoms with Gasteiger partial charge in [0.25, 0.3) is 5.91 Å². The van der Waals surface area contributed by atoms with Gasteiger partial charge in [0.1, 0.15) is 12.1 Å². The largest absolute Gasteiger partial charge is 0.349 e. The van der Waals surface area contributed by atoms with Gasteiger partial charge in [0, 0.05) is 38.6 Å². The molecule has 3 rings (SSSR count). The van der Waals surface area contributed by atoms with Gasteiger partial charge >= 0.3 is 6.03 Å². The van der Waals surface area contributed by atoms with Crippen LogP contribution in [0.5, 0.6) is 0 Å². The van der Waals surface area contributed by atoms with Crippen LogP contribution in [-0.4, -0.2) is 89.0 Å². The quantitative estimate of drug-likeness (QED) is 0.175. The highest BCUT2D eigenvalue weighted by Gasteiger charge is 2.70. The van der Waals surface area contributed by atoms with Gasteiger partial charge in [-0.15, -0.1) is 6.58 Å². The molecule has 2 aliphatic rings. The number of carbonyl (C=O) groups excluding carboxylic acids is 6. The van der Waals surface area contributed by atoms with Crippen molar-refractivity contribution < 1.29 is 28.8 Å². The maximum Gasteiger partial charge on any atom is 0.315 e. The van der Waals surface area contributed by atoms with Crippen LogP contribution in [0.1, 0.15) is 80.2 Å². The number of carbonyl (C=O) groups is 6. The van der Waals surface area contributed by atoms with E-state index in [9.17, 15) is 28.8 Å². The molecule has 0 aromatic heterocycles. The Hall–Kier alpha value is -4.22. The number of benzene rings is 1. The zero-order valence-corrected chi connectivity index (χ0v) is 30.6. The summed E-state index contributed by atoms with van der Waals surface area (Å²) in [6.45, 7) is 19.6. The fourth-order valence-electron chi connectivity index (χ4n) is 6.61. The molecule has 1 heterocycles. The monoisotopic (exact) mass is 680 g/mol. The van der Waals surface area contributed by atoms with Crippen molar-refractivity contribution in [3.63, 3.8) is 0 Å². The zero-order valence-electron chi connectivity index (χ0n) is 30.6. The molecular formula is C37H56N6O6. The Morgan fingerprint density at radius 1 is 1.02 bits per heavy atom. The second kappa shape index (κ2) is 15.6. The van der Waals surface area contributed by atoms with Gasteiger partial charge in [0.15, 0.2) is 0 Å². The van der Waals surface area contributed by atoms with Gasteiger partial charge in [-0.3, -0.25) is 24.0 Å². The Labute approximate surface area is 291 Å². The average Bonchev–Trinajstić information content (AvgIpc) is 3.31. The average molecular weight is 681 g/mol. The maximum atomic E-state index is 14.1. The Morgan fingerprint density at radius 2 is 1.65 bits per heavy atom. The standard InChI is InChI=1S/C37H56N6O6/c1-11-12-18-25(29(45)32(47)38-20-19-26(44)42(10)21-23-16-14-13-15-17-23)39-31(46)28-27-24(37(27,8)9)22-43(28)33(48)30(35(2,3)4)40-34(49)41-36(5,6)7/h11,13-17,24-25,27-28,30H,1,12,18-22H2,2-10H3,(H,38,47)(H,39,46)(H2,40,41,49)/t24-,25?,27-,28-,30+/m0/s1. The molecule has 6 amide bonds. The minimum Gasteiger partial charge on any atom is -0.349 e. The van der Waals surface area contributed by atoms with Gasteiger partial charge in [0.05, 0.1) is 6.04 Å². The van der Waals surface area contributed by atoms with Crippen molar-refractivity contribution >= 4 is 35.4 Å². The van der Waals surface area contributed by atoms with Gasteiger partial charge in [-0.25, -0.2) is 4.79 Å². The summed E-state index contributed by atoms with van der Waals surface area (Å²) in [6.07, 6.45) is 2.09. The van der Waals surface area contributed by atoms with Gasteiger partial charge in [-0.1, -0.05) is 71.0 Å². The van der Waals surface area contributed by atoms with Crippen LogP contribution in [0.25, 0.3) is 0 Å². The van der Waals surface area contributed by atoms with E-state index in [-0.39, 0.29) is 48.5 Å². The summed E-state index contributed by atoms with van der Waals surface area (Å²) < 4.78 is 0. The molecular weight excluding hydrogens is 624 g/mol. The molecule has 1 saturated heterocycles. The van der Waals surface area contributed by atoms with E-state index in [0.29, 0.717) is 19.5 Å².